The SMILES string of the molecule is CC(=O)OC[C@@H]1OC(=O)[C@H](OC(C)=O)[C@H]1OC(C)=O. The fraction of sp³-hybridized carbons (Fsp3) is 0.636. The summed E-state index contributed by atoms with van der Waals surface area (Å²) >= 11 is 0. The topological polar surface area (TPSA) is 105 Å². The Labute approximate surface area is 108 Å². The summed E-state index contributed by atoms with van der Waals surface area (Å²) in [7, 11) is 0. The standard InChI is InChI=1S/C11H14O8/c1-5(12)16-4-8-9(17-6(2)13)10(11(15)19-8)18-7(3)14/h8-10H,4H2,1-3H3/t8-,9-,10+/m0/s1. The molecule has 0 aromatic heterocycles. The molecule has 0 aromatic rings. The average molecular weight is 274 g/mol. The first-order chi connectivity index (χ1) is 8.81. The van der Waals surface area contributed by atoms with Crippen molar-refractivity contribution in [1.82, 2.24) is 0 Å². The molecule has 19 heavy (non-hydrogen) atoms. The monoisotopic (exact) mass is 274 g/mol. The highest BCUT2D eigenvalue weighted by Gasteiger charge is 2.50. The minimum absolute atomic E-state index is 0.281. The number of hydrogen-bond donors (Lipinski definition) is 0. The van der Waals surface area contributed by atoms with Crippen molar-refractivity contribution >= 4 is 23.9 Å². The molecule has 1 aliphatic heterocycles. The second-order valence-electron chi connectivity index (χ2n) is 3.88. The van der Waals surface area contributed by atoms with E-state index in [0.29, 0.717) is 0 Å². The van der Waals surface area contributed by atoms with Crippen molar-refractivity contribution < 1.29 is 38.1 Å². The summed E-state index contributed by atoms with van der Waals surface area (Å²) in [5, 5.41) is 0. The van der Waals surface area contributed by atoms with Gasteiger partial charge in [0, 0.05) is 20.8 Å². The van der Waals surface area contributed by atoms with Gasteiger partial charge in [0.15, 0.2) is 12.2 Å². The van der Waals surface area contributed by atoms with Crippen LogP contribution in [-0.4, -0.2) is 48.8 Å². The molecule has 1 rings (SSSR count). The highest BCUT2D eigenvalue weighted by atomic mass is 16.7. The Morgan fingerprint density at radius 1 is 1.05 bits per heavy atom. The number of carbonyl (C=O) groups excluding carboxylic acids is 4. The Balaban J connectivity index is 2.79. The van der Waals surface area contributed by atoms with Crippen molar-refractivity contribution in [3.63, 3.8) is 0 Å². The van der Waals surface area contributed by atoms with E-state index >= 15 is 0 Å². The van der Waals surface area contributed by atoms with Crippen molar-refractivity contribution in [2.24, 2.45) is 0 Å². The van der Waals surface area contributed by atoms with Crippen molar-refractivity contribution in [2.45, 2.75) is 39.1 Å². The lowest BCUT2D eigenvalue weighted by molar-refractivity contribution is -0.166. The molecular weight excluding hydrogens is 260 g/mol. The zero-order valence-electron chi connectivity index (χ0n) is 10.7. The first-order valence-corrected chi connectivity index (χ1v) is 5.49. The summed E-state index contributed by atoms with van der Waals surface area (Å²) in [6.07, 6.45) is -3.47. The van der Waals surface area contributed by atoms with E-state index in [1.807, 2.05) is 0 Å². The van der Waals surface area contributed by atoms with Crippen molar-refractivity contribution in [2.75, 3.05) is 6.61 Å². The quantitative estimate of drug-likeness (QED) is 0.491. The molecule has 1 fully saturated rings. The predicted molar refractivity (Wildman–Crippen MR) is 57.6 cm³/mol. The molecule has 0 spiro atoms. The van der Waals surface area contributed by atoms with Gasteiger partial charge in [-0.25, -0.2) is 4.79 Å². The van der Waals surface area contributed by atoms with E-state index < -0.39 is 42.2 Å². The maximum absolute atomic E-state index is 11.5. The second-order valence-corrected chi connectivity index (χ2v) is 3.88. The van der Waals surface area contributed by atoms with Crippen LogP contribution in [0.15, 0.2) is 0 Å². The molecule has 1 saturated heterocycles. The molecule has 106 valence electrons. The van der Waals surface area contributed by atoms with E-state index in [4.69, 9.17) is 18.9 Å². The summed E-state index contributed by atoms with van der Waals surface area (Å²) in [4.78, 5) is 44.1. The smallest absolute Gasteiger partial charge is 0.352 e. The van der Waals surface area contributed by atoms with Gasteiger partial charge in [0.1, 0.15) is 6.61 Å². The number of rotatable bonds is 4. The van der Waals surface area contributed by atoms with Crippen LogP contribution in [0, 0.1) is 0 Å². The minimum Gasteiger partial charge on any atom is -0.462 e. The largest absolute Gasteiger partial charge is 0.462 e. The Morgan fingerprint density at radius 2 is 1.63 bits per heavy atom. The third-order valence-electron chi connectivity index (χ3n) is 2.21. The maximum atomic E-state index is 11.5. The van der Waals surface area contributed by atoms with Gasteiger partial charge < -0.3 is 18.9 Å². The summed E-state index contributed by atoms with van der Waals surface area (Å²) in [5.74, 6) is -2.81. The van der Waals surface area contributed by atoms with Crippen LogP contribution in [0.2, 0.25) is 0 Å². The van der Waals surface area contributed by atoms with Gasteiger partial charge in [0.2, 0.25) is 6.10 Å². The maximum Gasteiger partial charge on any atom is 0.352 e. The third kappa shape index (κ3) is 4.23. The fourth-order valence-corrected chi connectivity index (χ4v) is 1.56. The van der Waals surface area contributed by atoms with Crippen LogP contribution in [0.3, 0.4) is 0 Å². The van der Waals surface area contributed by atoms with E-state index in [9.17, 15) is 19.2 Å². The molecule has 0 radical (unpaired) electrons. The second kappa shape index (κ2) is 6.17. The van der Waals surface area contributed by atoms with Crippen LogP contribution in [0.5, 0.6) is 0 Å². The van der Waals surface area contributed by atoms with Crippen LogP contribution >= 0.6 is 0 Å². The third-order valence-corrected chi connectivity index (χ3v) is 2.21. The van der Waals surface area contributed by atoms with Gasteiger partial charge in [-0.2, -0.15) is 0 Å². The van der Waals surface area contributed by atoms with Gasteiger partial charge in [-0.15, -0.1) is 0 Å². The summed E-state index contributed by atoms with van der Waals surface area (Å²) in [6, 6.07) is 0. The molecule has 1 heterocycles. The van der Waals surface area contributed by atoms with Crippen LogP contribution in [0.25, 0.3) is 0 Å². The van der Waals surface area contributed by atoms with Crippen molar-refractivity contribution in [3.8, 4) is 0 Å². The molecule has 3 atom stereocenters. The molecule has 1 aliphatic rings. The number of hydrogen-bond acceptors (Lipinski definition) is 8. The Bertz CT molecular complexity index is 401. The first kappa shape index (κ1) is 14.9. The number of cyclic esters (lactones) is 1. The summed E-state index contributed by atoms with van der Waals surface area (Å²) in [6.45, 7) is 3.14. The highest BCUT2D eigenvalue weighted by molar-refractivity contribution is 5.82. The zero-order chi connectivity index (χ0) is 14.6. The molecular formula is C11H14O8. The summed E-state index contributed by atoms with van der Waals surface area (Å²) < 4.78 is 19.2. The fourth-order valence-electron chi connectivity index (χ4n) is 1.56. The van der Waals surface area contributed by atoms with Crippen LogP contribution in [-0.2, 0) is 38.1 Å². The van der Waals surface area contributed by atoms with E-state index in [1.165, 1.54) is 6.92 Å². The van der Waals surface area contributed by atoms with Crippen LogP contribution < -0.4 is 0 Å². The molecule has 0 aliphatic carbocycles. The zero-order valence-corrected chi connectivity index (χ0v) is 10.7. The van der Waals surface area contributed by atoms with Gasteiger partial charge in [-0.05, 0) is 0 Å². The first-order valence-electron chi connectivity index (χ1n) is 5.49. The molecule has 0 bridgehead atoms. The lowest BCUT2D eigenvalue weighted by atomic mass is 10.1. The molecule has 8 heteroatoms. The van der Waals surface area contributed by atoms with Gasteiger partial charge in [-0.1, -0.05) is 0 Å². The van der Waals surface area contributed by atoms with Gasteiger partial charge in [0.25, 0.3) is 0 Å². The number of ether oxygens (including phenoxy) is 4. The minimum atomic E-state index is -1.35. The van der Waals surface area contributed by atoms with Crippen molar-refractivity contribution in [1.29, 1.82) is 0 Å². The molecule has 0 saturated carbocycles. The van der Waals surface area contributed by atoms with E-state index in [2.05, 4.69) is 0 Å². The number of esters is 4. The molecule has 0 N–H and O–H groups in total. The number of carbonyl (C=O) groups is 4. The Hall–Kier alpha value is -2.12. The lowest BCUT2D eigenvalue weighted by Gasteiger charge is -2.19. The van der Waals surface area contributed by atoms with Gasteiger partial charge in [-0.3, -0.25) is 14.4 Å². The Morgan fingerprint density at radius 3 is 2.11 bits per heavy atom. The average Bonchev–Trinajstić information content (AvgIpc) is 2.53. The summed E-state index contributed by atoms with van der Waals surface area (Å²) in [5.41, 5.74) is 0. The van der Waals surface area contributed by atoms with Crippen LogP contribution in [0.4, 0.5) is 0 Å². The lowest BCUT2D eigenvalue weighted by Crippen LogP contribution is -2.40. The molecule has 8 nitrogen and oxygen atoms in total. The predicted octanol–water partition coefficient (Wildman–Crippen LogP) is -0.662. The normalized spacial score (nSPS) is 25.4. The molecule has 0 unspecified atom stereocenters. The van der Waals surface area contributed by atoms with E-state index in [0.717, 1.165) is 13.8 Å². The highest BCUT2D eigenvalue weighted by Crippen LogP contribution is 2.23. The molecule has 0 aromatic carbocycles. The Kier molecular flexibility index (Phi) is 4.85. The van der Waals surface area contributed by atoms with Gasteiger partial charge in [0.05, 0.1) is 0 Å². The van der Waals surface area contributed by atoms with Gasteiger partial charge >= 0.3 is 23.9 Å². The van der Waals surface area contributed by atoms with E-state index in [-0.39, 0.29) is 6.61 Å². The van der Waals surface area contributed by atoms with Crippen molar-refractivity contribution in [3.05, 3.63) is 0 Å². The van der Waals surface area contributed by atoms with Crippen LogP contribution in [0.1, 0.15) is 20.8 Å². The van der Waals surface area contributed by atoms with E-state index in [1.54, 1.807) is 0 Å². The molecule has 0 amide bonds.